The van der Waals surface area contributed by atoms with Crippen molar-refractivity contribution in [2.45, 2.75) is 112 Å². The van der Waals surface area contributed by atoms with Crippen molar-refractivity contribution in [2.75, 3.05) is 0 Å². The minimum atomic E-state index is -0.957. The molecule has 0 unspecified atom stereocenters. The lowest BCUT2D eigenvalue weighted by molar-refractivity contribution is -0.156. The molecule has 2 N–H and O–H groups in total. The van der Waals surface area contributed by atoms with Crippen molar-refractivity contribution in [1.29, 1.82) is 0 Å². The van der Waals surface area contributed by atoms with Gasteiger partial charge in [-0.15, -0.1) is 23.4 Å². The molecule has 4 aliphatic rings. The van der Waals surface area contributed by atoms with Crippen molar-refractivity contribution >= 4 is 35.2 Å². The normalized spacial score (nSPS) is 33.7. The minimum Gasteiger partial charge on any atom is -0.480 e. The number of amides is 1. The lowest BCUT2D eigenvalue weighted by Crippen LogP contribution is -2.63. The van der Waals surface area contributed by atoms with Gasteiger partial charge in [0.15, 0.2) is 0 Å². The quantitative estimate of drug-likeness (QED) is 0.537. The first-order valence-electron chi connectivity index (χ1n) is 10.4. The van der Waals surface area contributed by atoms with Gasteiger partial charge in [-0.2, -0.15) is 0 Å². The molecule has 4 rings (SSSR count). The molecule has 2 saturated carbocycles. The third-order valence-corrected chi connectivity index (χ3v) is 8.44. The van der Waals surface area contributed by atoms with Crippen molar-refractivity contribution in [3.8, 4) is 0 Å². The van der Waals surface area contributed by atoms with Crippen LogP contribution in [0.15, 0.2) is 0 Å². The Morgan fingerprint density at radius 3 is 2.00 bits per heavy atom. The van der Waals surface area contributed by atoms with Gasteiger partial charge < -0.3 is 15.3 Å². The maximum Gasteiger partial charge on any atom is 0.327 e. The van der Waals surface area contributed by atoms with E-state index in [0.29, 0.717) is 0 Å². The van der Waals surface area contributed by atoms with Crippen LogP contribution in [0.1, 0.15) is 78.1 Å². The third kappa shape index (κ3) is 4.76. The second-order valence-corrected chi connectivity index (χ2v) is 11.1. The Morgan fingerprint density at radius 2 is 1.56 bits per heavy atom. The van der Waals surface area contributed by atoms with Crippen molar-refractivity contribution in [3.05, 3.63) is 0 Å². The number of alkyl halides is 1. The second-order valence-electron chi connectivity index (χ2n) is 8.84. The van der Waals surface area contributed by atoms with Crippen LogP contribution in [0.5, 0.6) is 0 Å². The van der Waals surface area contributed by atoms with Gasteiger partial charge in [0.1, 0.15) is 16.8 Å². The van der Waals surface area contributed by atoms with Gasteiger partial charge in [-0.1, -0.05) is 38.5 Å². The number of fused-ring (bicyclic) bond motifs is 1. The molecule has 7 heteroatoms. The van der Waals surface area contributed by atoms with Crippen LogP contribution in [0.2, 0.25) is 0 Å². The highest BCUT2D eigenvalue weighted by molar-refractivity contribution is 8.01. The number of nitrogens with one attached hydrogen (secondary N) is 1. The maximum atomic E-state index is 11.4. The predicted octanol–water partition coefficient (Wildman–Crippen LogP) is 3.98. The topological polar surface area (TPSA) is 69.6 Å². The molecule has 2 saturated heterocycles. The number of β-lactam (4-membered cyclic amide) rings is 1. The van der Waals surface area contributed by atoms with Crippen molar-refractivity contribution in [1.82, 2.24) is 10.2 Å². The number of carbonyl (C=O) groups is 2. The molecule has 1 amide bonds. The van der Waals surface area contributed by atoms with E-state index in [2.05, 4.69) is 5.32 Å². The van der Waals surface area contributed by atoms with Crippen LogP contribution in [0.25, 0.3) is 0 Å². The van der Waals surface area contributed by atoms with E-state index < -0.39 is 22.1 Å². The minimum absolute atomic E-state index is 0.166. The highest BCUT2D eigenvalue weighted by Crippen LogP contribution is 2.52. The summed E-state index contributed by atoms with van der Waals surface area (Å²) in [6.07, 6.45) is 14.6. The van der Waals surface area contributed by atoms with Gasteiger partial charge in [0.2, 0.25) is 5.91 Å². The Hall–Kier alpha value is -0.460. The molecule has 5 nitrogen and oxygen atoms in total. The summed E-state index contributed by atoms with van der Waals surface area (Å²) in [6, 6.07) is 0.994. The van der Waals surface area contributed by atoms with Crippen LogP contribution in [-0.2, 0) is 9.59 Å². The summed E-state index contributed by atoms with van der Waals surface area (Å²) in [5.41, 5.74) is 0. The summed E-state index contributed by atoms with van der Waals surface area (Å²) in [6.45, 7) is 3.65. The van der Waals surface area contributed by atoms with E-state index in [1.54, 1.807) is 0 Å². The number of thioether (sulfide) groups is 1. The molecule has 2 heterocycles. The summed E-state index contributed by atoms with van der Waals surface area (Å²) >= 11 is 7.25. The van der Waals surface area contributed by atoms with E-state index in [9.17, 15) is 9.59 Å². The lowest BCUT2D eigenvalue weighted by atomic mass is 9.91. The largest absolute Gasteiger partial charge is 0.480 e. The number of hydrogen-bond donors (Lipinski definition) is 2. The number of rotatable bonds is 3. The summed E-state index contributed by atoms with van der Waals surface area (Å²) < 4.78 is -0.462. The number of halogens is 1. The molecule has 4 fully saturated rings. The zero-order valence-corrected chi connectivity index (χ0v) is 18.0. The number of aliphatic carboxylic acids is 1. The highest BCUT2D eigenvalue weighted by atomic mass is 35.5. The zero-order chi connectivity index (χ0) is 19.6. The van der Waals surface area contributed by atoms with Crippen molar-refractivity contribution in [2.24, 2.45) is 0 Å². The molecule has 0 bridgehead atoms. The molecule has 3 atom stereocenters. The molecule has 154 valence electrons. The van der Waals surface area contributed by atoms with Crippen LogP contribution in [0.4, 0.5) is 0 Å². The fraction of sp³-hybridized carbons (Fsp3) is 0.900. The van der Waals surface area contributed by atoms with Crippen LogP contribution in [0, 0.1) is 0 Å². The first kappa shape index (κ1) is 21.3. The Morgan fingerprint density at radius 1 is 1.07 bits per heavy atom. The molecular weight excluding hydrogens is 384 g/mol. The van der Waals surface area contributed by atoms with Gasteiger partial charge in [0, 0.05) is 16.8 Å². The third-order valence-electron chi connectivity index (χ3n) is 6.29. The van der Waals surface area contributed by atoms with Crippen LogP contribution in [0.3, 0.4) is 0 Å². The molecule has 0 aromatic carbocycles. The zero-order valence-electron chi connectivity index (χ0n) is 16.5. The number of hydrogen-bond acceptors (Lipinski definition) is 4. The average Bonchev–Trinajstić information content (AvgIpc) is 2.92. The molecular formula is C20H33ClN2O3S. The molecule has 2 aliphatic heterocycles. The monoisotopic (exact) mass is 416 g/mol. The first-order chi connectivity index (χ1) is 12.8. The molecule has 0 aromatic rings. The maximum absolute atomic E-state index is 11.4. The van der Waals surface area contributed by atoms with E-state index >= 15 is 0 Å². The second kappa shape index (κ2) is 8.91. The molecule has 2 aliphatic carbocycles. The Balaban J connectivity index is 0.000000156. The Labute approximate surface area is 172 Å². The predicted molar refractivity (Wildman–Crippen MR) is 110 cm³/mol. The van der Waals surface area contributed by atoms with Crippen molar-refractivity contribution < 1.29 is 14.7 Å². The van der Waals surface area contributed by atoms with Crippen LogP contribution in [-0.4, -0.2) is 55.5 Å². The van der Waals surface area contributed by atoms with Crippen LogP contribution >= 0.6 is 23.4 Å². The highest BCUT2D eigenvalue weighted by Gasteiger charge is 2.63. The van der Waals surface area contributed by atoms with E-state index in [-0.39, 0.29) is 11.3 Å². The molecule has 0 aromatic heterocycles. The van der Waals surface area contributed by atoms with Crippen molar-refractivity contribution in [3.63, 3.8) is 0 Å². The number of nitrogens with zero attached hydrogens (tertiary/aromatic N) is 1. The smallest absolute Gasteiger partial charge is 0.327 e. The van der Waals surface area contributed by atoms with Gasteiger partial charge in [-0.25, -0.2) is 4.79 Å². The molecule has 27 heavy (non-hydrogen) atoms. The standard InChI is InChI=1S/C12H23N.C8H10ClNO3S/c1-3-7-11(8-4-1)13-12-9-5-2-6-10-12;1-8(2)4(7(12)13)10-5(11)3(9)6(10)14-8/h11-13H,1-10H2;3-4,6H,1-2H3,(H,12,13)/t;3-,4-,6+/m.0/s1. The number of carbonyl (C=O) groups excluding carboxylic acids is 1. The fourth-order valence-electron chi connectivity index (χ4n) is 4.84. The Bertz CT molecular complexity index is 531. The first-order valence-corrected chi connectivity index (χ1v) is 11.8. The van der Waals surface area contributed by atoms with E-state index in [0.717, 1.165) is 12.1 Å². The van der Waals surface area contributed by atoms with Gasteiger partial charge in [0.05, 0.1) is 0 Å². The van der Waals surface area contributed by atoms with E-state index in [1.807, 2.05) is 13.8 Å². The summed E-state index contributed by atoms with van der Waals surface area (Å²) in [4.78, 5) is 23.8. The fourth-order valence-corrected chi connectivity index (χ4v) is 6.77. The van der Waals surface area contributed by atoms with Gasteiger partial charge in [-0.3, -0.25) is 4.79 Å². The van der Waals surface area contributed by atoms with E-state index in [4.69, 9.17) is 16.7 Å². The lowest BCUT2D eigenvalue weighted by Gasteiger charge is -2.40. The summed E-state index contributed by atoms with van der Waals surface area (Å²) in [7, 11) is 0. The number of carboxylic acids is 1. The Kier molecular flexibility index (Phi) is 7.02. The van der Waals surface area contributed by atoms with Crippen LogP contribution < -0.4 is 5.32 Å². The average molecular weight is 417 g/mol. The van der Waals surface area contributed by atoms with Gasteiger partial charge >= 0.3 is 5.97 Å². The summed E-state index contributed by atoms with van der Waals surface area (Å²) in [5, 5.41) is 12.2. The summed E-state index contributed by atoms with van der Waals surface area (Å²) in [5.74, 6) is -1.22. The van der Waals surface area contributed by atoms with Gasteiger partial charge in [-0.05, 0) is 39.5 Å². The van der Waals surface area contributed by atoms with Gasteiger partial charge in [0.25, 0.3) is 0 Å². The number of carboxylic acid groups (broad SMARTS) is 1. The molecule has 0 radical (unpaired) electrons. The van der Waals surface area contributed by atoms with E-state index in [1.165, 1.54) is 80.9 Å². The SMILES string of the molecule is C1CCC(NC2CCCCC2)CC1.CC1(C)S[C@@H]2[C@@H](Cl)C(=O)N2[C@H]1C(=O)O. The molecule has 0 spiro atoms.